The van der Waals surface area contributed by atoms with E-state index in [0.29, 0.717) is 0 Å². The number of nitrogens with zero attached hydrogens (tertiary/aromatic N) is 1. The van der Waals surface area contributed by atoms with Crippen LogP contribution in [0.2, 0.25) is 0 Å². The van der Waals surface area contributed by atoms with E-state index < -0.39 is 0 Å². The van der Waals surface area contributed by atoms with Gasteiger partial charge in [-0.05, 0) is 17.7 Å². The number of carbonyl (C=O) groups is 2. The van der Waals surface area contributed by atoms with Gasteiger partial charge in [0.25, 0.3) is 5.24 Å². The number of aromatic hydroxyl groups is 1. The first kappa shape index (κ1) is 10.0. The van der Waals surface area contributed by atoms with Crippen molar-refractivity contribution in [3.63, 3.8) is 0 Å². The number of phenolic OH excluding ortho intramolecular Hbond substituents is 1. The summed E-state index contributed by atoms with van der Waals surface area (Å²) in [6.45, 7) is 0.283. The van der Waals surface area contributed by atoms with Gasteiger partial charge in [-0.15, -0.1) is 0 Å². The van der Waals surface area contributed by atoms with Crippen LogP contribution in [-0.4, -0.2) is 26.9 Å². The second-order valence-corrected chi connectivity index (χ2v) is 4.13. The van der Waals surface area contributed by atoms with Gasteiger partial charge in [0.2, 0.25) is 5.91 Å². The molecule has 0 aliphatic carbocycles. The first-order chi connectivity index (χ1) is 7.16. The summed E-state index contributed by atoms with van der Waals surface area (Å²) < 4.78 is 0. The number of amides is 2. The maximum atomic E-state index is 11.3. The summed E-state index contributed by atoms with van der Waals surface area (Å²) in [4.78, 5) is 23.8. The summed E-state index contributed by atoms with van der Waals surface area (Å²) in [5, 5.41) is 8.87. The number of hydrogen-bond acceptors (Lipinski definition) is 4. The molecule has 0 atom stereocenters. The molecule has 2 amide bonds. The normalized spacial score (nSPS) is 16.1. The quantitative estimate of drug-likeness (QED) is 0.827. The average molecular weight is 223 g/mol. The summed E-state index contributed by atoms with van der Waals surface area (Å²) in [6.07, 6.45) is 0. The Balaban J connectivity index is 2.11. The summed E-state index contributed by atoms with van der Waals surface area (Å²) in [6, 6.07) is 6.46. The standard InChI is InChI=1S/C10H9NO3S/c12-8-3-1-7(2-4-8)5-11-9(13)6-15-10(11)14/h1-4,12H,5-6H2. The zero-order chi connectivity index (χ0) is 10.8. The van der Waals surface area contributed by atoms with Crippen LogP contribution in [0.4, 0.5) is 4.79 Å². The maximum Gasteiger partial charge on any atom is 0.289 e. The number of carbonyl (C=O) groups excluding carboxylic acids is 2. The SMILES string of the molecule is O=C1CSC(=O)N1Cc1ccc(O)cc1. The van der Waals surface area contributed by atoms with Crippen LogP contribution < -0.4 is 0 Å². The molecular weight excluding hydrogens is 214 g/mol. The Labute approximate surface area is 90.9 Å². The Morgan fingerprint density at radius 1 is 1.27 bits per heavy atom. The Morgan fingerprint density at radius 3 is 2.47 bits per heavy atom. The van der Waals surface area contributed by atoms with Crippen LogP contribution in [0.1, 0.15) is 5.56 Å². The molecule has 1 saturated heterocycles. The summed E-state index contributed by atoms with van der Waals surface area (Å²) in [7, 11) is 0. The van der Waals surface area contributed by atoms with Crippen molar-refractivity contribution in [2.24, 2.45) is 0 Å². The Hall–Kier alpha value is -1.49. The minimum Gasteiger partial charge on any atom is -0.508 e. The second-order valence-electron chi connectivity index (χ2n) is 3.20. The predicted octanol–water partition coefficient (Wildman–Crippen LogP) is 1.59. The van der Waals surface area contributed by atoms with Crippen molar-refractivity contribution >= 4 is 22.9 Å². The fourth-order valence-electron chi connectivity index (χ4n) is 1.32. The van der Waals surface area contributed by atoms with Gasteiger partial charge in [0, 0.05) is 0 Å². The third-order valence-corrected chi connectivity index (χ3v) is 2.98. The third-order valence-electron chi connectivity index (χ3n) is 2.12. The zero-order valence-electron chi connectivity index (χ0n) is 7.84. The predicted molar refractivity (Wildman–Crippen MR) is 56.5 cm³/mol. The van der Waals surface area contributed by atoms with Gasteiger partial charge in [0.15, 0.2) is 0 Å². The lowest BCUT2D eigenvalue weighted by Crippen LogP contribution is -2.27. The Morgan fingerprint density at radius 2 is 1.93 bits per heavy atom. The van der Waals surface area contributed by atoms with E-state index in [2.05, 4.69) is 0 Å². The molecule has 5 heteroatoms. The number of imide groups is 1. The van der Waals surface area contributed by atoms with Gasteiger partial charge in [-0.2, -0.15) is 0 Å². The van der Waals surface area contributed by atoms with Gasteiger partial charge >= 0.3 is 0 Å². The van der Waals surface area contributed by atoms with Crippen molar-refractivity contribution in [2.75, 3.05) is 5.75 Å². The van der Waals surface area contributed by atoms with Crippen LogP contribution in [0, 0.1) is 0 Å². The molecule has 1 N–H and O–H groups in total. The molecule has 1 heterocycles. The van der Waals surface area contributed by atoms with Crippen LogP contribution in [0.15, 0.2) is 24.3 Å². The van der Waals surface area contributed by atoms with Gasteiger partial charge in [0.1, 0.15) is 5.75 Å². The molecule has 4 nitrogen and oxygen atoms in total. The molecule has 1 aliphatic heterocycles. The lowest BCUT2D eigenvalue weighted by Gasteiger charge is -2.12. The van der Waals surface area contributed by atoms with Crippen molar-refractivity contribution in [1.29, 1.82) is 0 Å². The molecular formula is C10H9NO3S. The molecule has 0 spiro atoms. The highest BCUT2D eigenvalue weighted by atomic mass is 32.2. The molecule has 2 rings (SSSR count). The molecule has 1 fully saturated rings. The highest BCUT2D eigenvalue weighted by Crippen LogP contribution is 2.21. The van der Waals surface area contributed by atoms with E-state index >= 15 is 0 Å². The number of phenols is 1. The summed E-state index contributed by atoms with van der Waals surface area (Å²) in [5.74, 6) is 0.252. The maximum absolute atomic E-state index is 11.3. The highest BCUT2D eigenvalue weighted by molar-refractivity contribution is 8.14. The van der Waals surface area contributed by atoms with E-state index in [9.17, 15) is 9.59 Å². The van der Waals surface area contributed by atoms with Crippen molar-refractivity contribution in [3.05, 3.63) is 29.8 Å². The fraction of sp³-hybridized carbons (Fsp3) is 0.200. The molecule has 1 aromatic carbocycles. The zero-order valence-corrected chi connectivity index (χ0v) is 8.66. The largest absolute Gasteiger partial charge is 0.508 e. The fourth-order valence-corrected chi connectivity index (χ4v) is 2.04. The van der Waals surface area contributed by atoms with Gasteiger partial charge in [-0.3, -0.25) is 14.5 Å². The number of hydrogen-bond donors (Lipinski definition) is 1. The van der Waals surface area contributed by atoms with Gasteiger partial charge in [-0.25, -0.2) is 0 Å². The Kier molecular flexibility index (Phi) is 2.64. The molecule has 0 aromatic heterocycles. The van der Waals surface area contributed by atoms with E-state index in [1.54, 1.807) is 12.1 Å². The van der Waals surface area contributed by atoms with Crippen molar-refractivity contribution in [2.45, 2.75) is 6.54 Å². The molecule has 1 aliphatic rings. The molecule has 0 radical (unpaired) electrons. The molecule has 78 valence electrons. The van der Waals surface area contributed by atoms with Crippen LogP contribution in [0.5, 0.6) is 5.75 Å². The minimum atomic E-state index is -0.201. The van der Waals surface area contributed by atoms with E-state index in [1.165, 1.54) is 17.0 Å². The lowest BCUT2D eigenvalue weighted by atomic mass is 10.2. The number of benzene rings is 1. The first-order valence-corrected chi connectivity index (χ1v) is 5.40. The molecule has 0 unspecified atom stereocenters. The van der Waals surface area contributed by atoms with Gasteiger partial charge < -0.3 is 5.11 Å². The van der Waals surface area contributed by atoms with Crippen LogP contribution >= 0.6 is 11.8 Å². The first-order valence-electron chi connectivity index (χ1n) is 4.42. The van der Waals surface area contributed by atoms with Gasteiger partial charge in [0.05, 0.1) is 12.3 Å². The summed E-state index contributed by atoms with van der Waals surface area (Å²) >= 11 is 1.02. The molecule has 15 heavy (non-hydrogen) atoms. The molecule has 0 saturated carbocycles. The van der Waals surface area contributed by atoms with Gasteiger partial charge in [-0.1, -0.05) is 23.9 Å². The second kappa shape index (κ2) is 3.94. The van der Waals surface area contributed by atoms with Crippen LogP contribution in [0.3, 0.4) is 0 Å². The molecule has 0 bridgehead atoms. The Bertz CT molecular complexity index is 386. The number of rotatable bonds is 2. The monoisotopic (exact) mass is 223 g/mol. The van der Waals surface area contributed by atoms with Crippen LogP contribution in [0.25, 0.3) is 0 Å². The van der Waals surface area contributed by atoms with Crippen molar-refractivity contribution in [1.82, 2.24) is 4.90 Å². The molecule has 1 aromatic rings. The smallest absolute Gasteiger partial charge is 0.289 e. The average Bonchev–Trinajstić information content (AvgIpc) is 2.53. The van der Waals surface area contributed by atoms with Crippen molar-refractivity contribution in [3.8, 4) is 5.75 Å². The van der Waals surface area contributed by atoms with Crippen molar-refractivity contribution < 1.29 is 14.7 Å². The topological polar surface area (TPSA) is 57.6 Å². The lowest BCUT2D eigenvalue weighted by molar-refractivity contribution is -0.125. The third kappa shape index (κ3) is 2.12. The highest BCUT2D eigenvalue weighted by Gasteiger charge is 2.29. The van der Waals surface area contributed by atoms with E-state index in [-0.39, 0.29) is 29.2 Å². The van der Waals surface area contributed by atoms with E-state index in [4.69, 9.17) is 5.11 Å². The van der Waals surface area contributed by atoms with E-state index in [1.807, 2.05) is 0 Å². The van der Waals surface area contributed by atoms with E-state index in [0.717, 1.165) is 17.3 Å². The minimum absolute atomic E-state index is 0.155. The summed E-state index contributed by atoms with van der Waals surface area (Å²) in [5.41, 5.74) is 0.831. The number of thioether (sulfide) groups is 1. The van der Waals surface area contributed by atoms with Crippen LogP contribution in [-0.2, 0) is 11.3 Å².